The number of hydrogen-bond acceptors (Lipinski definition) is 4. The molecule has 1 N–H and O–H groups in total. The zero-order chi connectivity index (χ0) is 14.6. The van der Waals surface area contributed by atoms with Gasteiger partial charge in [-0.05, 0) is 13.0 Å². The Morgan fingerprint density at radius 3 is 2.53 bits per heavy atom. The lowest BCUT2D eigenvalue weighted by atomic mass is 10.1. The summed E-state index contributed by atoms with van der Waals surface area (Å²) in [6.45, 7) is -0.608. The molecule has 0 aliphatic rings. The van der Waals surface area contributed by atoms with Gasteiger partial charge in [0.1, 0.15) is 6.54 Å². The van der Waals surface area contributed by atoms with Crippen LogP contribution < -0.4 is 4.90 Å². The number of nitrogens with zero attached hydrogens (tertiary/aromatic N) is 2. The molecule has 0 heterocycles. The van der Waals surface area contributed by atoms with Crippen LogP contribution in [0.25, 0.3) is 0 Å². The lowest BCUT2D eigenvalue weighted by Gasteiger charge is -2.26. The lowest BCUT2D eigenvalue weighted by Crippen LogP contribution is -2.36. The number of anilines is 1. The summed E-state index contributed by atoms with van der Waals surface area (Å²) in [5, 5.41) is 19.6. The standard InChI is InChI=1S/C11H13F3N2O3/c1-8-9(3-2-4-10(8)16(18)19)15(5-6-17)7-11(12,13)14/h2-4,17H,5-7H2,1H3. The quantitative estimate of drug-likeness (QED) is 0.662. The zero-order valence-corrected chi connectivity index (χ0v) is 10.1. The van der Waals surface area contributed by atoms with E-state index in [0.717, 1.165) is 4.90 Å². The first-order chi connectivity index (χ1) is 8.76. The van der Waals surface area contributed by atoms with Crippen molar-refractivity contribution in [1.29, 1.82) is 0 Å². The minimum Gasteiger partial charge on any atom is -0.395 e. The predicted molar refractivity (Wildman–Crippen MR) is 63.2 cm³/mol. The number of benzene rings is 1. The highest BCUT2D eigenvalue weighted by Crippen LogP contribution is 2.30. The van der Waals surface area contributed by atoms with Crippen molar-refractivity contribution in [2.75, 3.05) is 24.6 Å². The Kier molecular flexibility index (Phi) is 4.71. The maximum atomic E-state index is 12.4. The van der Waals surface area contributed by atoms with E-state index in [-0.39, 0.29) is 23.5 Å². The molecule has 8 heteroatoms. The number of alkyl halides is 3. The topological polar surface area (TPSA) is 66.6 Å². The molecular formula is C11H13F3N2O3. The normalized spacial score (nSPS) is 11.4. The van der Waals surface area contributed by atoms with Gasteiger partial charge in [-0.3, -0.25) is 10.1 Å². The highest BCUT2D eigenvalue weighted by Gasteiger charge is 2.32. The molecular weight excluding hydrogens is 265 g/mol. The van der Waals surface area contributed by atoms with Gasteiger partial charge < -0.3 is 10.0 Å². The average Bonchev–Trinajstić information content (AvgIpc) is 2.26. The predicted octanol–water partition coefficient (Wildman–Crippen LogP) is 2.26. The molecule has 1 aromatic carbocycles. The zero-order valence-electron chi connectivity index (χ0n) is 10.1. The number of hydrogen-bond donors (Lipinski definition) is 1. The SMILES string of the molecule is Cc1c(N(CCO)CC(F)(F)F)cccc1[N+](=O)[O-]. The average molecular weight is 278 g/mol. The molecule has 0 amide bonds. The van der Waals surface area contributed by atoms with Crippen molar-refractivity contribution in [2.45, 2.75) is 13.1 Å². The van der Waals surface area contributed by atoms with Crippen LogP contribution in [0.5, 0.6) is 0 Å². The maximum absolute atomic E-state index is 12.4. The fourth-order valence-corrected chi connectivity index (χ4v) is 1.77. The summed E-state index contributed by atoms with van der Waals surface area (Å²) in [5.74, 6) is 0. The van der Waals surface area contributed by atoms with E-state index >= 15 is 0 Å². The first-order valence-corrected chi connectivity index (χ1v) is 5.43. The van der Waals surface area contributed by atoms with Gasteiger partial charge in [-0.2, -0.15) is 13.2 Å². The van der Waals surface area contributed by atoms with E-state index in [0.29, 0.717) is 0 Å². The third kappa shape index (κ3) is 4.09. The summed E-state index contributed by atoms with van der Waals surface area (Å²) in [6.07, 6.45) is -4.45. The molecule has 0 bridgehead atoms. The van der Waals surface area contributed by atoms with Gasteiger partial charge >= 0.3 is 6.18 Å². The molecule has 106 valence electrons. The van der Waals surface area contributed by atoms with Crippen LogP contribution in [-0.4, -0.2) is 35.9 Å². The van der Waals surface area contributed by atoms with Crippen molar-refractivity contribution < 1.29 is 23.2 Å². The second kappa shape index (κ2) is 5.87. The molecule has 5 nitrogen and oxygen atoms in total. The van der Waals surface area contributed by atoms with E-state index in [4.69, 9.17) is 5.11 Å². The summed E-state index contributed by atoms with van der Waals surface area (Å²) >= 11 is 0. The van der Waals surface area contributed by atoms with E-state index in [1.807, 2.05) is 0 Å². The van der Waals surface area contributed by atoms with Crippen molar-refractivity contribution in [1.82, 2.24) is 0 Å². The Balaban J connectivity index is 3.16. The third-order valence-electron chi connectivity index (χ3n) is 2.55. The van der Waals surface area contributed by atoms with Crippen molar-refractivity contribution in [3.05, 3.63) is 33.9 Å². The monoisotopic (exact) mass is 278 g/mol. The molecule has 0 unspecified atom stereocenters. The highest BCUT2D eigenvalue weighted by molar-refractivity contribution is 5.61. The maximum Gasteiger partial charge on any atom is 0.405 e. The third-order valence-corrected chi connectivity index (χ3v) is 2.55. The van der Waals surface area contributed by atoms with Gasteiger partial charge in [-0.1, -0.05) is 6.07 Å². The molecule has 0 saturated carbocycles. The van der Waals surface area contributed by atoms with Gasteiger partial charge in [-0.25, -0.2) is 0 Å². The van der Waals surface area contributed by atoms with Crippen molar-refractivity contribution >= 4 is 11.4 Å². The van der Waals surface area contributed by atoms with Crippen LogP contribution in [0, 0.1) is 17.0 Å². The van der Waals surface area contributed by atoms with Crippen molar-refractivity contribution in [3.8, 4) is 0 Å². The van der Waals surface area contributed by atoms with Crippen LogP contribution >= 0.6 is 0 Å². The van der Waals surface area contributed by atoms with Crippen LogP contribution in [0.4, 0.5) is 24.5 Å². The number of rotatable bonds is 5. The van der Waals surface area contributed by atoms with Crippen molar-refractivity contribution in [3.63, 3.8) is 0 Å². The fraction of sp³-hybridized carbons (Fsp3) is 0.455. The van der Waals surface area contributed by atoms with Crippen LogP contribution in [0.15, 0.2) is 18.2 Å². The van der Waals surface area contributed by atoms with E-state index < -0.39 is 24.3 Å². The Morgan fingerprint density at radius 1 is 1.42 bits per heavy atom. The van der Waals surface area contributed by atoms with Gasteiger partial charge in [0, 0.05) is 18.3 Å². The van der Waals surface area contributed by atoms with Crippen molar-refractivity contribution in [2.24, 2.45) is 0 Å². The molecule has 0 spiro atoms. The van der Waals surface area contributed by atoms with Gasteiger partial charge in [-0.15, -0.1) is 0 Å². The number of aliphatic hydroxyl groups is 1. The first-order valence-electron chi connectivity index (χ1n) is 5.43. The summed E-state index contributed by atoms with van der Waals surface area (Å²) < 4.78 is 37.3. The van der Waals surface area contributed by atoms with Crippen LogP contribution in [0.3, 0.4) is 0 Å². The Labute approximate surface area is 107 Å². The van der Waals surface area contributed by atoms with E-state index in [2.05, 4.69) is 0 Å². The number of nitro benzene ring substituents is 1. The minimum absolute atomic E-state index is 0.0978. The number of nitro groups is 1. The summed E-state index contributed by atoms with van der Waals surface area (Å²) in [5.41, 5.74) is -0.00612. The molecule has 19 heavy (non-hydrogen) atoms. The van der Waals surface area contributed by atoms with Crippen LogP contribution in [-0.2, 0) is 0 Å². The molecule has 1 aromatic rings. The van der Waals surface area contributed by atoms with E-state index in [1.165, 1.54) is 25.1 Å². The Hall–Kier alpha value is -1.83. The van der Waals surface area contributed by atoms with Crippen LogP contribution in [0.1, 0.15) is 5.56 Å². The van der Waals surface area contributed by atoms with Gasteiger partial charge in [0.05, 0.1) is 17.1 Å². The van der Waals surface area contributed by atoms with Gasteiger partial charge in [0.25, 0.3) is 5.69 Å². The second-order valence-corrected chi connectivity index (χ2v) is 3.94. The molecule has 0 aliphatic heterocycles. The number of aliphatic hydroxyl groups excluding tert-OH is 1. The second-order valence-electron chi connectivity index (χ2n) is 3.94. The first kappa shape index (κ1) is 15.2. The minimum atomic E-state index is -4.45. The largest absolute Gasteiger partial charge is 0.405 e. The molecule has 0 aromatic heterocycles. The summed E-state index contributed by atoms with van der Waals surface area (Å²) in [6, 6.07) is 3.91. The number of halogens is 3. The summed E-state index contributed by atoms with van der Waals surface area (Å²) in [7, 11) is 0. The van der Waals surface area contributed by atoms with E-state index in [9.17, 15) is 23.3 Å². The summed E-state index contributed by atoms with van der Waals surface area (Å²) in [4.78, 5) is 11.0. The molecule has 0 aliphatic carbocycles. The Morgan fingerprint density at radius 2 is 2.05 bits per heavy atom. The molecule has 0 radical (unpaired) electrons. The molecule has 0 fully saturated rings. The molecule has 1 rings (SSSR count). The molecule has 0 saturated heterocycles. The fourth-order valence-electron chi connectivity index (χ4n) is 1.77. The lowest BCUT2D eigenvalue weighted by molar-refractivity contribution is -0.385. The van der Waals surface area contributed by atoms with Crippen LogP contribution in [0.2, 0.25) is 0 Å². The van der Waals surface area contributed by atoms with E-state index in [1.54, 1.807) is 0 Å². The smallest absolute Gasteiger partial charge is 0.395 e. The van der Waals surface area contributed by atoms with Gasteiger partial charge in [0.15, 0.2) is 0 Å². The molecule has 0 atom stereocenters. The Bertz CT molecular complexity index is 463. The highest BCUT2D eigenvalue weighted by atomic mass is 19.4. The van der Waals surface area contributed by atoms with Gasteiger partial charge in [0.2, 0.25) is 0 Å².